The Labute approximate surface area is 146 Å². The molecule has 3 heteroatoms. The molecule has 1 atom stereocenters. The van der Waals surface area contributed by atoms with Crippen molar-refractivity contribution in [2.24, 2.45) is 0 Å². The summed E-state index contributed by atoms with van der Waals surface area (Å²) in [6.45, 7) is 2.79. The van der Waals surface area contributed by atoms with E-state index < -0.39 is 0 Å². The zero-order chi connectivity index (χ0) is 16.1. The van der Waals surface area contributed by atoms with Crippen molar-refractivity contribution in [3.05, 3.63) is 59.2 Å². The molecule has 1 heterocycles. The number of alkyl halides is 1. The summed E-state index contributed by atoms with van der Waals surface area (Å²) in [5, 5.41) is 1.00. The summed E-state index contributed by atoms with van der Waals surface area (Å²) < 4.78 is 12.2. The van der Waals surface area contributed by atoms with Crippen LogP contribution in [0.15, 0.2) is 42.5 Å². The Morgan fingerprint density at radius 2 is 2.04 bits per heavy atom. The van der Waals surface area contributed by atoms with E-state index in [1.54, 1.807) is 0 Å². The van der Waals surface area contributed by atoms with Gasteiger partial charge in [0.15, 0.2) is 0 Å². The number of hydrogen-bond donors (Lipinski definition) is 0. The standard InChI is InChI=1S/C20H23BrO2/c1-2-18-11-17-13-19(22-14-15-7-4-3-5-8-15)16(9-6-10-21)12-20(17)23-18/h3-5,7-8,12-13,18H,2,6,9-11,14H2,1H3. The van der Waals surface area contributed by atoms with Gasteiger partial charge in [0.05, 0.1) is 0 Å². The number of rotatable bonds is 7. The van der Waals surface area contributed by atoms with Gasteiger partial charge in [-0.3, -0.25) is 0 Å². The van der Waals surface area contributed by atoms with Crippen LogP contribution in [-0.4, -0.2) is 11.4 Å². The van der Waals surface area contributed by atoms with Gasteiger partial charge in [-0.15, -0.1) is 0 Å². The minimum Gasteiger partial charge on any atom is -0.490 e. The summed E-state index contributed by atoms with van der Waals surface area (Å²) in [6, 6.07) is 14.7. The van der Waals surface area contributed by atoms with Gasteiger partial charge in [-0.2, -0.15) is 0 Å². The lowest BCUT2D eigenvalue weighted by atomic mass is 10.0. The average Bonchev–Trinajstić information content (AvgIpc) is 3.00. The highest BCUT2D eigenvalue weighted by atomic mass is 79.9. The van der Waals surface area contributed by atoms with Gasteiger partial charge in [-0.05, 0) is 42.5 Å². The fourth-order valence-electron chi connectivity index (χ4n) is 2.93. The van der Waals surface area contributed by atoms with Crippen LogP contribution in [-0.2, 0) is 19.4 Å². The summed E-state index contributed by atoms with van der Waals surface area (Å²) in [4.78, 5) is 0. The zero-order valence-corrected chi connectivity index (χ0v) is 15.1. The van der Waals surface area contributed by atoms with Crippen LogP contribution in [0.2, 0.25) is 0 Å². The first-order valence-corrected chi connectivity index (χ1v) is 9.47. The molecule has 0 fully saturated rings. The Morgan fingerprint density at radius 1 is 1.22 bits per heavy atom. The average molecular weight is 375 g/mol. The van der Waals surface area contributed by atoms with Gasteiger partial charge >= 0.3 is 0 Å². The summed E-state index contributed by atoms with van der Waals surface area (Å²) in [7, 11) is 0. The van der Waals surface area contributed by atoms with Crippen molar-refractivity contribution in [3.63, 3.8) is 0 Å². The third kappa shape index (κ3) is 4.08. The topological polar surface area (TPSA) is 18.5 Å². The van der Waals surface area contributed by atoms with E-state index in [1.165, 1.54) is 16.7 Å². The van der Waals surface area contributed by atoms with Gasteiger partial charge in [0.25, 0.3) is 0 Å². The van der Waals surface area contributed by atoms with Gasteiger partial charge in [-0.25, -0.2) is 0 Å². The van der Waals surface area contributed by atoms with Crippen molar-refractivity contribution in [3.8, 4) is 11.5 Å². The molecule has 2 aromatic carbocycles. The van der Waals surface area contributed by atoms with Crippen molar-refractivity contribution in [2.45, 2.75) is 45.3 Å². The molecule has 0 amide bonds. The molecule has 0 aromatic heterocycles. The zero-order valence-electron chi connectivity index (χ0n) is 13.6. The molecule has 2 aromatic rings. The van der Waals surface area contributed by atoms with Crippen molar-refractivity contribution < 1.29 is 9.47 Å². The SMILES string of the molecule is CCC1Cc2cc(OCc3ccccc3)c(CCCBr)cc2O1. The molecule has 0 saturated heterocycles. The molecule has 1 aliphatic rings. The molecule has 0 N–H and O–H groups in total. The van der Waals surface area contributed by atoms with E-state index in [4.69, 9.17) is 9.47 Å². The Bertz CT molecular complexity index is 640. The lowest BCUT2D eigenvalue weighted by Gasteiger charge is -2.13. The number of hydrogen-bond acceptors (Lipinski definition) is 2. The first kappa shape index (κ1) is 16.4. The molecule has 0 spiro atoms. The highest BCUT2D eigenvalue weighted by Gasteiger charge is 2.23. The number of halogens is 1. The highest BCUT2D eigenvalue weighted by molar-refractivity contribution is 9.09. The minimum atomic E-state index is 0.318. The van der Waals surface area contributed by atoms with Gasteiger partial charge in [-0.1, -0.05) is 53.2 Å². The second kappa shape index (κ2) is 7.87. The number of aryl methyl sites for hydroxylation is 1. The smallest absolute Gasteiger partial charge is 0.123 e. The lowest BCUT2D eigenvalue weighted by molar-refractivity contribution is 0.228. The summed E-state index contributed by atoms with van der Waals surface area (Å²) in [5.74, 6) is 2.06. The summed E-state index contributed by atoms with van der Waals surface area (Å²) in [5.41, 5.74) is 3.72. The predicted molar refractivity (Wildman–Crippen MR) is 97.7 cm³/mol. The molecule has 0 aliphatic carbocycles. The maximum atomic E-state index is 6.14. The van der Waals surface area contributed by atoms with E-state index in [-0.39, 0.29) is 0 Å². The molecule has 0 bridgehead atoms. The summed E-state index contributed by atoms with van der Waals surface area (Å²) in [6.07, 6.45) is 4.46. The summed E-state index contributed by atoms with van der Waals surface area (Å²) >= 11 is 3.52. The molecule has 1 unspecified atom stereocenters. The number of fused-ring (bicyclic) bond motifs is 1. The molecule has 23 heavy (non-hydrogen) atoms. The lowest BCUT2D eigenvalue weighted by Crippen LogP contribution is -2.10. The Morgan fingerprint density at radius 3 is 2.78 bits per heavy atom. The van der Waals surface area contributed by atoms with Crippen LogP contribution in [0.3, 0.4) is 0 Å². The molecule has 3 rings (SSSR count). The van der Waals surface area contributed by atoms with Gasteiger partial charge in [0, 0.05) is 17.3 Å². The Hall–Kier alpha value is -1.48. The van der Waals surface area contributed by atoms with E-state index in [0.29, 0.717) is 12.7 Å². The van der Waals surface area contributed by atoms with Crippen molar-refractivity contribution >= 4 is 15.9 Å². The second-order valence-corrected chi connectivity index (χ2v) is 6.78. The van der Waals surface area contributed by atoms with Crippen LogP contribution in [0.4, 0.5) is 0 Å². The Kier molecular flexibility index (Phi) is 5.60. The van der Waals surface area contributed by atoms with E-state index in [1.807, 2.05) is 18.2 Å². The van der Waals surface area contributed by atoms with Gasteiger partial charge in [0.1, 0.15) is 24.2 Å². The maximum Gasteiger partial charge on any atom is 0.123 e. The predicted octanol–water partition coefficient (Wildman–Crippen LogP) is 5.31. The molecule has 0 saturated carbocycles. The second-order valence-electron chi connectivity index (χ2n) is 5.99. The highest BCUT2D eigenvalue weighted by Crippen LogP contribution is 2.36. The van der Waals surface area contributed by atoms with Crippen LogP contribution in [0.5, 0.6) is 11.5 Å². The molecular formula is C20H23BrO2. The minimum absolute atomic E-state index is 0.318. The first-order chi connectivity index (χ1) is 11.3. The van der Waals surface area contributed by atoms with E-state index in [2.05, 4.69) is 47.1 Å². The van der Waals surface area contributed by atoms with Crippen molar-refractivity contribution in [1.82, 2.24) is 0 Å². The molecule has 2 nitrogen and oxygen atoms in total. The fourth-order valence-corrected chi connectivity index (χ4v) is 3.21. The quantitative estimate of drug-likeness (QED) is 0.611. The number of ether oxygens (including phenoxy) is 2. The van der Waals surface area contributed by atoms with E-state index >= 15 is 0 Å². The largest absolute Gasteiger partial charge is 0.490 e. The molecule has 122 valence electrons. The van der Waals surface area contributed by atoms with Crippen LogP contribution >= 0.6 is 15.9 Å². The third-order valence-electron chi connectivity index (χ3n) is 4.26. The first-order valence-electron chi connectivity index (χ1n) is 8.35. The molecule has 1 aliphatic heterocycles. The van der Waals surface area contributed by atoms with Crippen molar-refractivity contribution in [1.29, 1.82) is 0 Å². The molecular weight excluding hydrogens is 352 g/mol. The molecule has 0 radical (unpaired) electrons. The maximum absolute atomic E-state index is 6.14. The monoisotopic (exact) mass is 374 g/mol. The van der Waals surface area contributed by atoms with Gasteiger partial charge in [0.2, 0.25) is 0 Å². The van der Waals surface area contributed by atoms with Crippen LogP contribution in [0.1, 0.15) is 36.5 Å². The van der Waals surface area contributed by atoms with Crippen LogP contribution < -0.4 is 9.47 Å². The normalized spacial score (nSPS) is 16.0. The van der Waals surface area contributed by atoms with E-state index in [0.717, 1.165) is 42.5 Å². The van der Waals surface area contributed by atoms with Crippen LogP contribution in [0, 0.1) is 0 Å². The Balaban J connectivity index is 1.79. The van der Waals surface area contributed by atoms with Crippen molar-refractivity contribution in [2.75, 3.05) is 5.33 Å². The van der Waals surface area contributed by atoms with Crippen LogP contribution in [0.25, 0.3) is 0 Å². The number of benzene rings is 2. The fraction of sp³-hybridized carbons (Fsp3) is 0.400. The third-order valence-corrected chi connectivity index (χ3v) is 4.82. The van der Waals surface area contributed by atoms with E-state index in [9.17, 15) is 0 Å². The van der Waals surface area contributed by atoms with Gasteiger partial charge < -0.3 is 9.47 Å².